The van der Waals surface area contributed by atoms with Crippen LogP contribution in [0.15, 0.2) is 22.7 Å². The molecule has 1 heterocycles. The zero-order valence-corrected chi connectivity index (χ0v) is 13.0. The lowest BCUT2D eigenvalue weighted by Crippen LogP contribution is -2.49. The van der Waals surface area contributed by atoms with Gasteiger partial charge in [-0.2, -0.15) is 0 Å². The maximum Gasteiger partial charge on any atom is 0.246 e. The fourth-order valence-electron chi connectivity index (χ4n) is 3.04. The van der Waals surface area contributed by atoms with Crippen LogP contribution in [0.4, 0.5) is 11.4 Å². The molecule has 2 aliphatic rings. The first-order chi connectivity index (χ1) is 9.56. The molecule has 1 saturated carbocycles. The summed E-state index contributed by atoms with van der Waals surface area (Å²) >= 11 is 3.46. The van der Waals surface area contributed by atoms with E-state index in [1.54, 1.807) is 4.90 Å². The van der Waals surface area contributed by atoms with Crippen molar-refractivity contribution >= 4 is 39.0 Å². The first-order valence-electron chi connectivity index (χ1n) is 6.90. The molecule has 1 aliphatic heterocycles. The Morgan fingerprint density at radius 1 is 1.15 bits per heavy atom. The van der Waals surface area contributed by atoms with Crippen molar-refractivity contribution in [2.45, 2.75) is 31.7 Å². The first kappa shape index (κ1) is 13.6. The van der Waals surface area contributed by atoms with Crippen LogP contribution in [-0.2, 0) is 9.59 Å². The quantitative estimate of drug-likeness (QED) is 0.791. The van der Waals surface area contributed by atoms with E-state index in [1.165, 1.54) is 0 Å². The van der Waals surface area contributed by atoms with Crippen LogP contribution >= 0.6 is 15.9 Å². The number of likely N-dealkylation sites (N-methyl/N-ethyl adjacent to an activating group) is 1. The van der Waals surface area contributed by atoms with Gasteiger partial charge in [-0.15, -0.1) is 0 Å². The highest BCUT2D eigenvalue weighted by atomic mass is 79.9. The Balaban J connectivity index is 1.95. The van der Waals surface area contributed by atoms with Gasteiger partial charge < -0.3 is 9.80 Å². The third-order valence-corrected chi connectivity index (χ3v) is 4.73. The highest BCUT2D eigenvalue weighted by Gasteiger charge is 2.33. The summed E-state index contributed by atoms with van der Waals surface area (Å²) in [5, 5.41) is 0. The van der Waals surface area contributed by atoms with Gasteiger partial charge in [-0.05, 0) is 31.0 Å². The second-order valence-corrected chi connectivity index (χ2v) is 6.40. The van der Waals surface area contributed by atoms with Gasteiger partial charge in [-0.3, -0.25) is 9.59 Å². The standard InChI is InChI=1S/C15H17BrN2O2/c1-17-14-8-10(16)2-7-13(14)18(9-15(17)20)11-3-5-12(19)6-4-11/h2,7-8,11H,3-6,9H2,1H3. The molecule has 0 aromatic heterocycles. The molecule has 0 spiro atoms. The van der Waals surface area contributed by atoms with Gasteiger partial charge in [0.1, 0.15) is 5.78 Å². The van der Waals surface area contributed by atoms with Crippen molar-refractivity contribution in [3.63, 3.8) is 0 Å². The minimum absolute atomic E-state index is 0.104. The maximum atomic E-state index is 12.2. The molecule has 1 aliphatic carbocycles. The smallest absolute Gasteiger partial charge is 0.246 e. The summed E-state index contributed by atoms with van der Waals surface area (Å²) in [6.07, 6.45) is 2.98. The number of carbonyl (C=O) groups excluding carboxylic acids is 2. The fourth-order valence-corrected chi connectivity index (χ4v) is 3.39. The molecule has 0 N–H and O–H groups in total. The maximum absolute atomic E-state index is 12.2. The van der Waals surface area contributed by atoms with Gasteiger partial charge in [0.2, 0.25) is 5.91 Å². The van der Waals surface area contributed by atoms with Crippen molar-refractivity contribution in [2.75, 3.05) is 23.4 Å². The molecule has 4 nitrogen and oxygen atoms in total. The molecule has 1 amide bonds. The normalized spacial score (nSPS) is 20.3. The molecule has 0 bridgehead atoms. The number of hydrogen-bond acceptors (Lipinski definition) is 3. The van der Waals surface area contributed by atoms with Gasteiger partial charge in [0.15, 0.2) is 0 Å². The van der Waals surface area contributed by atoms with Crippen molar-refractivity contribution in [2.24, 2.45) is 0 Å². The number of amides is 1. The van der Waals surface area contributed by atoms with Crippen molar-refractivity contribution in [1.82, 2.24) is 0 Å². The second-order valence-electron chi connectivity index (χ2n) is 5.48. The molecule has 1 aromatic carbocycles. The van der Waals surface area contributed by atoms with Gasteiger partial charge in [0.05, 0.1) is 17.9 Å². The minimum Gasteiger partial charge on any atom is -0.358 e. The summed E-state index contributed by atoms with van der Waals surface area (Å²) in [5.74, 6) is 0.449. The lowest BCUT2D eigenvalue weighted by atomic mass is 9.92. The van der Waals surface area contributed by atoms with E-state index < -0.39 is 0 Å². The van der Waals surface area contributed by atoms with E-state index in [-0.39, 0.29) is 5.91 Å². The van der Waals surface area contributed by atoms with Crippen LogP contribution < -0.4 is 9.80 Å². The number of anilines is 2. The number of benzene rings is 1. The largest absolute Gasteiger partial charge is 0.358 e. The van der Waals surface area contributed by atoms with E-state index in [1.807, 2.05) is 19.2 Å². The van der Waals surface area contributed by atoms with Gasteiger partial charge in [0.25, 0.3) is 0 Å². The molecular weight excluding hydrogens is 320 g/mol. The van der Waals surface area contributed by atoms with Crippen molar-refractivity contribution in [3.8, 4) is 0 Å². The number of rotatable bonds is 1. The molecule has 0 saturated heterocycles. The number of fused-ring (bicyclic) bond motifs is 1. The summed E-state index contributed by atoms with van der Waals surface area (Å²) in [7, 11) is 1.81. The van der Waals surface area contributed by atoms with E-state index in [2.05, 4.69) is 26.9 Å². The Labute approximate surface area is 126 Å². The van der Waals surface area contributed by atoms with E-state index >= 15 is 0 Å². The molecule has 1 fully saturated rings. The summed E-state index contributed by atoms with van der Waals surface area (Å²) in [6.45, 7) is 0.407. The Kier molecular flexibility index (Phi) is 3.54. The van der Waals surface area contributed by atoms with E-state index in [9.17, 15) is 9.59 Å². The Hall–Kier alpha value is -1.36. The highest BCUT2D eigenvalue weighted by Crippen LogP contribution is 2.38. The Morgan fingerprint density at radius 2 is 1.85 bits per heavy atom. The van der Waals surface area contributed by atoms with E-state index in [4.69, 9.17) is 0 Å². The van der Waals surface area contributed by atoms with E-state index in [0.29, 0.717) is 31.2 Å². The molecule has 0 radical (unpaired) electrons. The number of carbonyl (C=O) groups is 2. The fraction of sp³-hybridized carbons (Fsp3) is 0.467. The van der Waals surface area contributed by atoms with Crippen molar-refractivity contribution in [1.29, 1.82) is 0 Å². The van der Waals surface area contributed by atoms with Crippen LogP contribution in [0.25, 0.3) is 0 Å². The van der Waals surface area contributed by atoms with Crippen LogP contribution in [0.5, 0.6) is 0 Å². The van der Waals surface area contributed by atoms with Crippen LogP contribution in [-0.4, -0.2) is 31.3 Å². The minimum atomic E-state index is 0.104. The Bertz CT molecular complexity index is 563. The van der Waals surface area contributed by atoms with Gasteiger partial charge >= 0.3 is 0 Å². The first-order valence-corrected chi connectivity index (χ1v) is 7.70. The molecule has 20 heavy (non-hydrogen) atoms. The van der Waals surface area contributed by atoms with Crippen molar-refractivity contribution in [3.05, 3.63) is 22.7 Å². The lowest BCUT2D eigenvalue weighted by Gasteiger charge is -2.41. The number of ketones is 1. The van der Waals surface area contributed by atoms with Crippen molar-refractivity contribution < 1.29 is 9.59 Å². The van der Waals surface area contributed by atoms with Crippen LogP contribution in [0, 0.1) is 0 Å². The number of halogens is 1. The number of Topliss-reactive ketones (excluding diaryl/α,β-unsaturated/α-hetero) is 1. The molecule has 106 valence electrons. The second kappa shape index (κ2) is 5.20. The molecular formula is C15H17BrN2O2. The Morgan fingerprint density at radius 3 is 2.55 bits per heavy atom. The average molecular weight is 337 g/mol. The summed E-state index contributed by atoms with van der Waals surface area (Å²) in [5.41, 5.74) is 2.03. The van der Waals surface area contributed by atoms with Gasteiger partial charge in [-0.25, -0.2) is 0 Å². The van der Waals surface area contributed by atoms with Crippen LogP contribution in [0.1, 0.15) is 25.7 Å². The van der Waals surface area contributed by atoms with Crippen LogP contribution in [0.2, 0.25) is 0 Å². The predicted molar refractivity (Wildman–Crippen MR) is 82.2 cm³/mol. The number of hydrogen-bond donors (Lipinski definition) is 0. The van der Waals surface area contributed by atoms with Gasteiger partial charge in [-0.1, -0.05) is 15.9 Å². The monoisotopic (exact) mass is 336 g/mol. The topological polar surface area (TPSA) is 40.6 Å². The summed E-state index contributed by atoms with van der Waals surface area (Å²) in [6, 6.07) is 6.33. The third kappa shape index (κ3) is 2.35. The van der Waals surface area contributed by atoms with Gasteiger partial charge in [0, 0.05) is 30.4 Å². The zero-order valence-electron chi connectivity index (χ0n) is 11.4. The lowest BCUT2D eigenvalue weighted by molar-refractivity contribution is -0.120. The molecule has 0 unspecified atom stereocenters. The predicted octanol–water partition coefficient (Wildman–Crippen LogP) is 2.74. The highest BCUT2D eigenvalue weighted by molar-refractivity contribution is 9.10. The van der Waals surface area contributed by atoms with E-state index in [0.717, 1.165) is 28.7 Å². The summed E-state index contributed by atoms with van der Waals surface area (Å²) < 4.78 is 0.969. The molecule has 1 aromatic rings. The molecule has 0 atom stereocenters. The molecule has 5 heteroatoms. The third-order valence-electron chi connectivity index (χ3n) is 4.24. The average Bonchev–Trinajstić information content (AvgIpc) is 2.44. The number of nitrogens with zero attached hydrogens (tertiary/aromatic N) is 2. The summed E-state index contributed by atoms with van der Waals surface area (Å²) in [4.78, 5) is 27.5. The zero-order chi connectivity index (χ0) is 14.3. The molecule has 3 rings (SSSR count). The van der Waals surface area contributed by atoms with Crippen LogP contribution in [0.3, 0.4) is 0 Å². The SMILES string of the molecule is CN1C(=O)CN(C2CCC(=O)CC2)c2ccc(Br)cc21.